The molecule has 1 N–H and O–H groups in total. The molecular formula is C21H23NO5S. The van der Waals surface area contributed by atoms with Gasteiger partial charge in [-0.25, -0.2) is 4.79 Å². The fourth-order valence-electron chi connectivity index (χ4n) is 2.27. The minimum Gasteiger partial charge on any atom is -0.462 e. The van der Waals surface area contributed by atoms with Gasteiger partial charge in [0.15, 0.2) is 6.61 Å². The van der Waals surface area contributed by atoms with Crippen LogP contribution in [0.25, 0.3) is 0 Å². The van der Waals surface area contributed by atoms with Crippen molar-refractivity contribution in [2.75, 3.05) is 24.3 Å². The van der Waals surface area contributed by atoms with Crippen molar-refractivity contribution in [3.63, 3.8) is 0 Å². The first kappa shape index (κ1) is 21.5. The van der Waals surface area contributed by atoms with E-state index in [2.05, 4.69) is 5.32 Å². The number of anilines is 1. The smallest absolute Gasteiger partial charge is 0.340 e. The summed E-state index contributed by atoms with van der Waals surface area (Å²) in [6.07, 6.45) is 0.200. The van der Waals surface area contributed by atoms with Crippen LogP contribution in [0.4, 0.5) is 5.69 Å². The van der Waals surface area contributed by atoms with Gasteiger partial charge in [0.1, 0.15) is 0 Å². The number of hydrogen-bond donors (Lipinski definition) is 1. The van der Waals surface area contributed by atoms with Crippen LogP contribution in [0.15, 0.2) is 53.4 Å². The van der Waals surface area contributed by atoms with Crippen LogP contribution in [0, 0.1) is 6.92 Å². The largest absolute Gasteiger partial charge is 0.462 e. The van der Waals surface area contributed by atoms with Gasteiger partial charge < -0.3 is 14.8 Å². The van der Waals surface area contributed by atoms with Gasteiger partial charge in [-0.15, -0.1) is 11.8 Å². The molecule has 7 heteroatoms. The third-order valence-corrected chi connectivity index (χ3v) is 4.67. The Balaban J connectivity index is 1.75. The third-order valence-electron chi connectivity index (χ3n) is 3.66. The van der Waals surface area contributed by atoms with Gasteiger partial charge in [0, 0.05) is 10.6 Å². The van der Waals surface area contributed by atoms with Crippen molar-refractivity contribution in [1.82, 2.24) is 0 Å². The summed E-state index contributed by atoms with van der Waals surface area (Å²) in [6, 6.07) is 14.5. The molecule has 0 unspecified atom stereocenters. The molecule has 0 aliphatic carbocycles. The van der Waals surface area contributed by atoms with Gasteiger partial charge in [-0.2, -0.15) is 0 Å². The molecule has 28 heavy (non-hydrogen) atoms. The standard InChI is InChI=1S/C21H23NO5S/c1-3-26-21(25)17-6-4-5-7-18(17)22-19(23)14-27-20(24)12-13-28-16-10-8-15(2)9-11-16/h4-11H,3,12-14H2,1-2H3,(H,22,23). The van der Waals surface area contributed by atoms with E-state index < -0.39 is 24.5 Å². The SMILES string of the molecule is CCOC(=O)c1ccccc1NC(=O)COC(=O)CCSc1ccc(C)cc1. The van der Waals surface area contributed by atoms with E-state index in [0.717, 1.165) is 4.90 Å². The van der Waals surface area contributed by atoms with E-state index in [1.165, 1.54) is 5.56 Å². The third kappa shape index (κ3) is 7.08. The summed E-state index contributed by atoms with van der Waals surface area (Å²) in [5.74, 6) is -0.928. The monoisotopic (exact) mass is 401 g/mol. The molecule has 6 nitrogen and oxygen atoms in total. The summed E-state index contributed by atoms with van der Waals surface area (Å²) in [7, 11) is 0. The number of para-hydroxylation sites is 1. The Morgan fingerprint density at radius 3 is 2.43 bits per heavy atom. The quantitative estimate of drug-likeness (QED) is 0.508. The molecule has 0 aliphatic rings. The van der Waals surface area contributed by atoms with Gasteiger partial charge in [-0.3, -0.25) is 9.59 Å². The van der Waals surface area contributed by atoms with Gasteiger partial charge in [0.2, 0.25) is 0 Å². The first-order valence-corrected chi connectivity index (χ1v) is 9.89. The first-order valence-electron chi connectivity index (χ1n) is 8.90. The van der Waals surface area contributed by atoms with Crippen LogP contribution in [0.2, 0.25) is 0 Å². The second kappa shape index (κ2) is 11.1. The summed E-state index contributed by atoms with van der Waals surface area (Å²) in [4.78, 5) is 36.8. The number of benzene rings is 2. The molecule has 2 aromatic carbocycles. The molecule has 0 heterocycles. The first-order chi connectivity index (χ1) is 13.5. The maximum absolute atomic E-state index is 12.0. The van der Waals surface area contributed by atoms with Crippen molar-refractivity contribution in [2.24, 2.45) is 0 Å². The topological polar surface area (TPSA) is 81.7 Å². The number of nitrogens with one attached hydrogen (secondary N) is 1. The summed E-state index contributed by atoms with van der Waals surface area (Å²) in [5.41, 5.74) is 1.75. The average molecular weight is 401 g/mol. The predicted octanol–water partition coefficient (Wildman–Crippen LogP) is 3.84. The summed E-state index contributed by atoms with van der Waals surface area (Å²) >= 11 is 1.55. The van der Waals surface area contributed by atoms with Crippen LogP contribution in [-0.2, 0) is 19.1 Å². The normalized spacial score (nSPS) is 10.2. The molecule has 0 radical (unpaired) electrons. The number of amides is 1. The zero-order valence-electron chi connectivity index (χ0n) is 15.9. The number of hydrogen-bond acceptors (Lipinski definition) is 6. The number of esters is 2. The molecule has 0 spiro atoms. The number of ether oxygens (including phenoxy) is 2. The molecule has 1 amide bonds. The highest BCUT2D eigenvalue weighted by molar-refractivity contribution is 7.99. The molecule has 148 valence electrons. The predicted molar refractivity (Wildman–Crippen MR) is 109 cm³/mol. The van der Waals surface area contributed by atoms with E-state index >= 15 is 0 Å². The van der Waals surface area contributed by atoms with E-state index in [1.807, 2.05) is 31.2 Å². The van der Waals surface area contributed by atoms with Crippen LogP contribution in [0.1, 0.15) is 29.3 Å². The highest BCUT2D eigenvalue weighted by Crippen LogP contribution is 2.19. The minimum atomic E-state index is -0.525. The highest BCUT2D eigenvalue weighted by atomic mass is 32.2. The highest BCUT2D eigenvalue weighted by Gasteiger charge is 2.15. The van der Waals surface area contributed by atoms with E-state index in [0.29, 0.717) is 11.4 Å². The molecule has 0 aliphatic heterocycles. The van der Waals surface area contributed by atoms with E-state index in [4.69, 9.17) is 9.47 Å². The van der Waals surface area contributed by atoms with Crippen molar-refractivity contribution in [2.45, 2.75) is 25.2 Å². The van der Waals surface area contributed by atoms with Crippen LogP contribution in [0.5, 0.6) is 0 Å². The Labute approximate surface area is 168 Å². The van der Waals surface area contributed by atoms with E-state index in [1.54, 1.807) is 43.0 Å². The van der Waals surface area contributed by atoms with Crippen molar-refractivity contribution >= 4 is 35.3 Å². The Kier molecular flexibility index (Phi) is 8.55. The lowest BCUT2D eigenvalue weighted by Crippen LogP contribution is -2.22. The van der Waals surface area contributed by atoms with Crippen LogP contribution >= 0.6 is 11.8 Å². The van der Waals surface area contributed by atoms with Crippen LogP contribution < -0.4 is 5.32 Å². The average Bonchev–Trinajstić information content (AvgIpc) is 2.68. The van der Waals surface area contributed by atoms with Gasteiger partial charge in [0.25, 0.3) is 5.91 Å². The Bertz CT molecular complexity index is 820. The van der Waals surface area contributed by atoms with Gasteiger partial charge in [-0.1, -0.05) is 29.8 Å². The number of thioether (sulfide) groups is 1. The van der Waals surface area contributed by atoms with Crippen molar-refractivity contribution in [3.05, 3.63) is 59.7 Å². The van der Waals surface area contributed by atoms with Crippen molar-refractivity contribution in [3.8, 4) is 0 Å². The van der Waals surface area contributed by atoms with E-state index in [9.17, 15) is 14.4 Å². The maximum Gasteiger partial charge on any atom is 0.340 e. The van der Waals surface area contributed by atoms with Gasteiger partial charge in [-0.05, 0) is 38.1 Å². The van der Waals surface area contributed by atoms with Crippen LogP contribution in [0.3, 0.4) is 0 Å². The molecule has 0 aromatic heterocycles. The Hall–Kier alpha value is -2.80. The van der Waals surface area contributed by atoms with Gasteiger partial charge >= 0.3 is 11.9 Å². The fourth-order valence-corrected chi connectivity index (χ4v) is 3.10. The van der Waals surface area contributed by atoms with Gasteiger partial charge in [0.05, 0.1) is 24.3 Å². The molecule has 2 rings (SSSR count). The molecule has 0 saturated heterocycles. The Morgan fingerprint density at radius 2 is 1.71 bits per heavy atom. The Morgan fingerprint density at radius 1 is 1.00 bits per heavy atom. The molecular weight excluding hydrogens is 378 g/mol. The second-order valence-corrected chi connectivity index (χ2v) is 7.05. The molecule has 0 bridgehead atoms. The van der Waals surface area contributed by atoms with Crippen molar-refractivity contribution in [1.29, 1.82) is 0 Å². The second-order valence-electron chi connectivity index (χ2n) is 5.89. The summed E-state index contributed by atoms with van der Waals surface area (Å²) < 4.78 is 9.96. The summed E-state index contributed by atoms with van der Waals surface area (Å²) in [6.45, 7) is 3.54. The van der Waals surface area contributed by atoms with Crippen molar-refractivity contribution < 1.29 is 23.9 Å². The molecule has 0 saturated carbocycles. The number of carbonyl (C=O) groups is 3. The number of rotatable bonds is 9. The zero-order valence-corrected chi connectivity index (χ0v) is 16.7. The zero-order chi connectivity index (χ0) is 20.4. The van der Waals surface area contributed by atoms with Crippen LogP contribution in [-0.4, -0.2) is 36.8 Å². The lowest BCUT2D eigenvalue weighted by atomic mass is 10.2. The number of aryl methyl sites for hydroxylation is 1. The van der Waals surface area contributed by atoms with E-state index in [-0.39, 0.29) is 18.6 Å². The minimum absolute atomic E-state index is 0.200. The molecule has 0 fully saturated rings. The molecule has 2 aromatic rings. The lowest BCUT2D eigenvalue weighted by molar-refractivity contribution is -0.146. The number of carbonyl (C=O) groups excluding carboxylic acids is 3. The lowest BCUT2D eigenvalue weighted by Gasteiger charge is -2.10. The summed E-state index contributed by atoms with van der Waals surface area (Å²) in [5, 5.41) is 2.57. The molecule has 0 atom stereocenters. The fraction of sp³-hybridized carbons (Fsp3) is 0.286. The maximum atomic E-state index is 12.0.